The number of benzene rings is 1. The fraction of sp³-hybridized carbons (Fsp3) is 0.533. The van der Waals surface area contributed by atoms with Crippen LogP contribution in [0.1, 0.15) is 10.4 Å². The number of carbonyl (C=O) groups is 1. The summed E-state index contributed by atoms with van der Waals surface area (Å²) < 4.78 is 27.8. The standard InChI is InChI=1S/C15H19F2N4O/c16-11-1-2-14(17)13(3-11)15(22)6-21-5-12-4-19(9-21)7-18-8-20(12)10-21/h1-3,12,18H,4-10H2/q+1. The SMILES string of the molecule is O=C(C[N+]12CC3CN(CNCN3C1)C2)c1cc(F)ccc1F. The van der Waals surface area contributed by atoms with Gasteiger partial charge in [0, 0.05) is 6.54 Å². The zero-order chi connectivity index (χ0) is 15.3. The smallest absolute Gasteiger partial charge is 0.220 e. The van der Waals surface area contributed by atoms with Gasteiger partial charge in [-0.2, -0.15) is 0 Å². The molecule has 3 aliphatic rings. The molecule has 3 heterocycles. The summed E-state index contributed by atoms with van der Waals surface area (Å²) in [5.74, 6) is -1.52. The molecule has 3 aliphatic heterocycles. The van der Waals surface area contributed by atoms with Crippen molar-refractivity contribution >= 4 is 5.78 Å². The lowest BCUT2D eigenvalue weighted by atomic mass is 10.1. The molecule has 22 heavy (non-hydrogen) atoms. The third kappa shape index (κ3) is 2.34. The molecular formula is C15H19F2N4O+. The van der Waals surface area contributed by atoms with E-state index in [1.54, 1.807) is 0 Å². The molecule has 1 aromatic rings. The van der Waals surface area contributed by atoms with Gasteiger partial charge in [0.1, 0.15) is 31.5 Å². The summed E-state index contributed by atoms with van der Waals surface area (Å²) in [5.41, 5.74) is -0.130. The molecule has 0 aromatic heterocycles. The second kappa shape index (κ2) is 5.06. The Hall–Kier alpha value is -1.41. The Bertz CT molecular complexity index is 622. The second-order valence-electron chi connectivity index (χ2n) is 6.67. The Morgan fingerprint density at radius 3 is 3.05 bits per heavy atom. The van der Waals surface area contributed by atoms with Gasteiger partial charge >= 0.3 is 0 Å². The zero-order valence-corrected chi connectivity index (χ0v) is 12.3. The number of nitrogens with one attached hydrogen (secondary N) is 1. The second-order valence-corrected chi connectivity index (χ2v) is 6.67. The maximum absolute atomic E-state index is 13.8. The minimum absolute atomic E-state index is 0.130. The van der Waals surface area contributed by atoms with Crippen LogP contribution in [0.3, 0.4) is 0 Å². The molecule has 7 heteroatoms. The maximum Gasteiger partial charge on any atom is 0.220 e. The minimum atomic E-state index is -0.639. The average Bonchev–Trinajstić information content (AvgIpc) is 2.62. The van der Waals surface area contributed by atoms with Crippen molar-refractivity contribution in [2.75, 3.05) is 46.3 Å². The van der Waals surface area contributed by atoms with Gasteiger partial charge in [-0.05, 0) is 18.2 Å². The first-order valence-corrected chi connectivity index (χ1v) is 7.55. The fourth-order valence-electron chi connectivity index (χ4n) is 4.09. The summed E-state index contributed by atoms with van der Waals surface area (Å²) in [5, 5.41) is 3.37. The van der Waals surface area contributed by atoms with E-state index in [-0.39, 0.29) is 17.9 Å². The highest BCUT2D eigenvalue weighted by Crippen LogP contribution is 2.29. The average molecular weight is 309 g/mol. The highest BCUT2D eigenvalue weighted by molar-refractivity contribution is 5.97. The largest absolute Gasteiger partial charge is 0.291 e. The van der Waals surface area contributed by atoms with Crippen molar-refractivity contribution in [2.45, 2.75) is 6.04 Å². The van der Waals surface area contributed by atoms with Crippen LogP contribution >= 0.6 is 0 Å². The lowest BCUT2D eigenvalue weighted by Crippen LogP contribution is -2.61. The van der Waals surface area contributed by atoms with Crippen molar-refractivity contribution in [1.29, 1.82) is 0 Å². The topological polar surface area (TPSA) is 35.6 Å². The van der Waals surface area contributed by atoms with E-state index >= 15 is 0 Å². The predicted molar refractivity (Wildman–Crippen MR) is 75.6 cm³/mol. The molecular weight excluding hydrogens is 290 g/mol. The van der Waals surface area contributed by atoms with Crippen LogP contribution in [0.25, 0.3) is 0 Å². The summed E-state index contributed by atoms with van der Waals surface area (Å²) in [7, 11) is 0. The molecule has 5 nitrogen and oxygen atoms in total. The van der Waals surface area contributed by atoms with Crippen LogP contribution in [-0.4, -0.2) is 72.4 Å². The Labute approximate surface area is 127 Å². The van der Waals surface area contributed by atoms with Gasteiger partial charge in [0.2, 0.25) is 5.78 Å². The van der Waals surface area contributed by atoms with Crippen LogP contribution < -0.4 is 5.32 Å². The quantitative estimate of drug-likeness (QED) is 0.647. The van der Waals surface area contributed by atoms with E-state index in [1.165, 1.54) is 0 Å². The first kappa shape index (κ1) is 14.2. The van der Waals surface area contributed by atoms with E-state index in [2.05, 4.69) is 15.1 Å². The van der Waals surface area contributed by atoms with E-state index in [4.69, 9.17) is 0 Å². The number of halogens is 2. The molecule has 3 saturated heterocycles. The van der Waals surface area contributed by atoms with Gasteiger partial charge in [0.25, 0.3) is 0 Å². The number of hydrogen-bond acceptors (Lipinski definition) is 4. The summed E-state index contributed by atoms with van der Waals surface area (Å²) >= 11 is 0. The lowest BCUT2D eigenvalue weighted by molar-refractivity contribution is -0.926. The molecule has 0 saturated carbocycles. The van der Waals surface area contributed by atoms with Crippen LogP contribution in [0.4, 0.5) is 8.78 Å². The third-order valence-electron chi connectivity index (χ3n) is 4.92. The lowest BCUT2D eigenvalue weighted by Gasteiger charge is -2.41. The minimum Gasteiger partial charge on any atom is -0.291 e. The number of rotatable bonds is 3. The van der Waals surface area contributed by atoms with Gasteiger partial charge in [0.05, 0.1) is 31.5 Å². The first-order chi connectivity index (χ1) is 10.5. The van der Waals surface area contributed by atoms with E-state index in [0.717, 1.165) is 58.0 Å². The number of carbonyl (C=O) groups excluding carboxylic acids is 1. The van der Waals surface area contributed by atoms with E-state index in [1.807, 2.05) is 0 Å². The van der Waals surface area contributed by atoms with E-state index < -0.39 is 11.6 Å². The van der Waals surface area contributed by atoms with Crippen LogP contribution in [-0.2, 0) is 0 Å². The van der Waals surface area contributed by atoms with Gasteiger partial charge in [-0.3, -0.25) is 14.6 Å². The summed E-state index contributed by atoms with van der Waals surface area (Å²) in [6.45, 7) is 5.35. The van der Waals surface area contributed by atoms with Gasteiger partial charge in [0.15, 0.2) is 0 Å². The van der Waals surface area contributed by atoms with Crippen molar-refractivity contribution in [1.82, 2.24) is 15.1 Å². The van der Waals surface area contributed by atoms with E-state index in [0.29, 0.717) is 10.5 Å². The number of hydrogen-bond donors (Lipinski definition) is 1. The maximum atomic E-state index is 13.8. The fourth-order valence-corrected chi connectivity index (χ4v) is 4.09. The van der Waals surface area contributed by atoms with Crippen molar-refractivity contribution in [2.24, 2.45) is 0 Å². The number of Topliss-reactive ketones (excluding diaryl/α,β-unsaturated/α-hetero) is 1. The Morgan fingerprint density at radius 2 is 2.18 bits per heavy atom. The Kier molecular flexibility index (Phi) is 3.26. The molecule has 0 aliphatic carbocycles. The van der Waals surface area contributed by atoms with Gasteiger partial charge in [-0.1, -0.05) is 0 Å². The molecule has 4 rings (SSSR count). The zero-order valence-electron chi connectivity index (χ0n) is 12.3. The molecule has 118 valence electrons. The molecule has 3 unspecified atom stereocenters. The van der Waals surface area contributed by atoms with Crippen LogP contribution in [0, 0.1) is 11.6 Å². The number of ketones is 1. The van der Waals surface area contributed by atoms with Crippen molar-refractivity contribution in [3.8, 4) is 0 Å². The third-order valence-corrected chi connectivity index (χ3v) is 4.92. The summed E-state index contributed by atoms with van der Waals surface area (Å²) in [4.78, 5) is 17.2. The van der Waals surface area contributed by atoms with Crippen LogP contribution in [0.5, 0.6) is 0 Å². The molecule has 3 fully saturated rings. The number of nitrogens with zero attached hydrogens (tertiary/aromatic N) is 3. The predicted octanol–water partition coefficient (Wildman–Crippen LogP) is 0.397. The molecule has 3 bridgehead atoms. The van der Waals surface area contributed by atoms with E-state index in [9.17, 15) is 13.6 Å². The molecule has 1 aromatic carbocycles. The molecule has 0 spiro atoms. The number of fused-ring (bicyclic) bond motifs is 2. The van der Waals surface area contributed by atoms with Crippen molar-refractivity contribution < 1.29 is 18.1 Å². The molecule has 0 amide bonds. The van der Waals surface area contributed by atoms with Crippen molar-refractivity contribution in [3.05, 3.63) is 35.4 Å². The summed E-state index contributed by atoms with van der Waals surface area (Å²) in [6.07, 6.45) is 0. The monoisotopic (exact) mass is 309 g/mol. The van der Waals surface area contributed by atoms with Gasteiger partial charge in [-0.25, -0.2) is 18.6 Å². The highest BCUT2D eigenvalue weighted by atomic mass is 19.1. The molecule has 1 N–H and O–H groups in total. The normalized spacial score (nSPS) is 33.9. The van der Waals surface area contributed by atoms with Gasteiger partial charge < -0.3 is 0 Å². The highest BCUT2D eigenvalue weighted by Gasteiger charge is 2.51. The van der Waals surface area contributed by atoms with Crippen LogP contribution in [0.15, 0.2) is 18.2 Å². The van der Waals surface area contributed by atoms with Crippen LogP contribution in [0.2, 0.25) is 0 Å². The molecule has 0 radical (unpaired) electrons. The first-order valence-electron chi connectivity index (χ1n) is 7.55. The van der Waals surface area contributed by atoms with Gasteiger partial charge in [-0.15, -0.1) is 0 Å². The molecule has 3 atom stereocenters. The Morgan fingerprint density at radius 1 is 1.32 bits per heavy atom. The number of quaternary nitrogens is 1. The summed E-state index contributed by atoms with van der Waals surface area (Å²) in [6, 6.07) is 3.51. The Balaban J connectivity index is 1.58. The van der Waals surface area contributed by atoms with Crippen molar-refractivity contribution in [3.63, 3.8) is 0 Å².